The van der Waals surface area contributed by atoms with Crippen molar-refractivity contribution >= 4 is 79.4 Å². The van der Waals surface area contributed by atoms with Crippen molar-refractivity contribution in [2.75, 3.05) is 11.5 Å². The molecule has 2 nitrogen and oxygen atoms in total. The third kappa shape index (κ3) is 36.6. The highest BCUT2D eigenvalue weighted by atomic mass is 32.2. The highest BCUT2D eigenvalue weighted by Crippen LogP contribution is 2.24. The summed E-state index contributed by atoms with van der Waals surface area (Å²) in [6, 6.07) is 4.34. The Morgan fingerprint density at radius 3 is 1.53 bits per heavy atom. The van der Waals surface area contributed by atoms with Crippen LogP contribution >= 0.6 is 72.4 Å². The highest BCUT2D eigenvalue weighted by Gasteiger charge is 2.10. The van der Waals surface area contributed by atoms with Crippen molar-refractivity contribution in [1.29, 1.82) is 10.5 Å². The second-order valence-electron chi connectivity index (χ2n) is 9.71. The fourth-order valence-corrected chi connectivity index (χ4v) is 7.48. The van der Waals surface area contributed by atoms with E-state index in [0.717, 1.165) is 15.7 Å². The Labute approximate surface area is 265 Å². The van der Waals surface area contributed by atoms with E-state index in [9.17, 15) is 0 Å². The molecule has 220 valence electrons. The predicted octanol–water partition coefficient (Wildman–Crippen LogP) is 12.3. The number of thioether (sulfide) groups is 3. The van der Waals surface area contributed by atoms with E-state index in [1.807, 2.05) is 0 Å². The maximum absolute atomic E-state index is 8.76. The zero-order valence-electron chi connectivity index (χ0n) is 24.2. The van der Waals surface area contributed by atoms with E-state index in [1.165, 1.54) is 134 Å². The van der Waals surface area contributed by atoms with E-state index in [-0.39, 0.29) is 0 Å². The number of hydrogen-bond donors (Lipinski definition) is 1. The molecule has 0 aliphatic rings. The molecule has 1 unspecified atom stereocenters. The Kier molecular flexibility index (Phi) is 38.1. The smallest absolute Gasteiger partial charge is 0.105 e. The summed E-state index contributed by atoms with van der Waals surface area (Å²) in [6.07, 6.45) is 27.5. The van der Waals surface area contributed by atoms with Crippen LogP contribution in [0.3, 0.4) is 0 Å². The molecule has 0 aromatic heterocycles. The SMILES string of the molecule is CCCCCCCCCCCC(CC#N)SC(=S)S.CCCCCCCCCCCCSC(=S)SCC#N. The van der Waals surface area contributed by atoms with Crippen molar-refractivity contribution in [1.82, 2.24) is 0 Å². The lowest BCUT2D eigenvalue weighted by Crippen LogP contribution is -2.03. The van der Waals surface area contributed by atoms with Crippen LogP contribution in [-0.2, 0) is 0 Å². The van der Waals surface area contributed by atoms with Crippen LogP contribution in [-0.4, -0.2) is 23.8 Å². The molecule has 0 spiro atoms. The van der Waals surface area contributed by atoms with Gasteiger partial charge in [0.05, 0.1) is 17.9 Å². The van der Waals surface area contributed by atoms with Gasteiger partial charge in [-0.15, -0.1) is 36.2 Å². The number of thiol groups is 1. The van der Waals surface area contributed by atoms with Crippen molar-refractivity contribution in [3.8, 4) is 12.1 Å². The van der Waals surface area contributed by atoms with E-state index in [0.29, 0.717) is 21.0 Å². The molecule has 1 atom stereocenters. The second-order valence-corrected chi connectivity index (χ2v) is 16.0. The molecule has 0 amide bonds. The van der Waals surface area contributed by atoms with Crippen LogP contribution in [0.4, 0.5) is 0 Å². The van der Waals surface area contributed by atoms with Gasteiger partial charge in [0.15, 0.2) is 0 Å². The number of rotatable bonds is 24. The highest BCUT2D eigenvalue weighted by molar-refractivity contribution is 8.47. The first-order valence-electron chi connectivity index (χ1n) is 14.9. The fourth-order valence-electron chi connectivity index (χ4n) is 4.01. The van der Waals surface area contributed by atoms with E-state index < -0.39 is 0 Å². The van der Waals surface area contributed by atoms with Gasteiger partial charge in [-0.1, -0.05) is 166 Å². The Hall–Kier alpha value is 0.560. The molecule has 0 bridgehead atoms. The van der Waals surface area contributed by atoms with E-state index in [1.54, 1.807) is 23.5 Å². The summed E-state index contributed by atoms with van der Waals surface area (Å²) in [5, 5.41) is 17.5. The molecule has 8 heteroatoms. The molecular formula is C30H54N2S6. The van der Waals surface area contributed by atoms with E-state index >= 15 is 0 Å². The van der Waals surface area contributed by atoms with Gasteiger partial charge in [-0.05, 0) is 18.6 Å². The molecule has 0 aliphatic carbocycles. The van der Waals surface area contributed by atoms with Gasteiger partial charge in [0.25, 0.3) is 0 Å². The molecule has 0 radical (unpaired) electrons. The lowest BCUT2D eigenvalue weighted by Gasteiger charge is -2.11. The molecule has 0 aliphatic heterocycles. The monoisotopic (exact) mass is 634 g/mol. The standard InChI is InChI=1S/2C15H27NS3/c1-2-3-4-5-6-7-8-9-10-11-14(12-13-16)19-15(17)18;1-2-3-4-5-6-7-8-9-10-11-13-18-15(17)19-14-12-16/h14H,2-12H2,1H3,(H,17,18);2-11,13-14H2,1H3. The number of nitrogens with zero attached hydrogens (tertiary/aromatic N) is 2. The number of thiocarbonyl (C=S) groups is 2. The summed E-state index contributed by atoms with van der Waals surface area (Å²) in [4.78, 5) is 0. The average molecular weight is 635 g/mol. The van der Waals surface area contributed by atoms with Crippen LogP contribution in [0.5, 0.6) is 0 Å². The number of unbranched alkanes of at least 4 members (excludes halogenated alkanes) is 17. The Balaban J connectivity index is 0. The topological polar surface area (TPSA) is 47.6 Å². The molecule has 0 fully saturated rings. The molecule has 0 heterocycles. The lowest BCUT2D eigenvalue weighted by molar-refractivity contribution is 0.553. The minimum Gasteiger partial charge on any atom is -0.198 e. The zero-order chi connectivity index (χ0) is 28.5. The lowest BCUT2D eigenvalue weighted by atomic mass is 10.1. The summed E-state index contributed by atoms with van der Waals surface area (Å²) in [6.45, 7) is 4.52. The van der Waals surface area contributed by atoms with Crippen molar-refractivity contribution in [3.05, 3.63) is 0 Å². The first kappa shape index (κ1) is 40.7. The van der Waals surface area contributed by atoms with Gasteiger partial charge in [0.2, 0.25) is 0 Å². The van der Waals surface area contributed by atoms with Crippen LogP contribution in [0.2, 0.25) is 0 Å². The predicted molar refractivity (Wildman–Crippen MR) is 190 cm³/mol. The average Bonchev–Trinajstić information content (AvgIpc) is 2.89. The maximum atomic E-state index is 8.76. The quantitative estimate of drug-likeness (QED) is 0.0644. The van der Waals surface area contributed by atoms with E-state index in [4.69, 9.17) is 35.0 Å². The molecule has 38 heavy (non-hydrogen) atoms. The van der Waals surface area contributed by atoms with Crippen LogP contribution < -0.4 is 0 Å². The first-order valence-corrected chi connectivity index (χ1v) is 19.1. The van der Waals surface area contributed by atoms with Crippen LogP contribution in [0.1, 0.15) is 149 Å². The van der Waals surface area contributed by atoms with Gasteiger partial charge >= 0.3 is 0 Å². The van der Waals surface area contributed by atoms with Crippen LogP contribution in [0, 0.1) is 22.7 Å². The molecule has 0 N–H and O–H groups in total. The Morgan fingerprint density at radius 1 is 0.658 bits per heavy atom. The Morgan fingerprint density at radius 2 is 1.11 bits per heavy atom. The van der Waals surface area contributed by atoms with Crippen molar-refractivity contribution < 1.29 is 0 Å². The summed E-state index contributed by atoms with van der Waals surface area (Å²) in [7, 11) is 0. The van der Waals surface area contributed by atoms with Gasteiger partial charge in [-0.2, -0.15) is 10.5 Å². The molecule has 0 rings (SSSR count). The van der Waals surface area contributed by atoms with Crippen molar-refractivity contribution in [3.63, 3.8) is 0 Å². The number of hydrogen-bond acceptors (Lipinski definition) is 7. The third-order valence-corrected chi connectivity index (χ3v) is 10.4. The third-order valence-electron chi connectivity index (χ3n) is 6.19. The van der Waals surface area contributed by atoms with Gasteiger partial charge in [-0.3, -0.25) is 0 Å². The molecule has 0 saturated carbocycles. The van der Waals surface area contributed by atoms with Gasteiger partial charge in [-0.25, -0.2) is 0 Å². The first-order chi connectivity index (χ1) is 18.5. The van der Waals surface area contributed by atoms with Crippen molar-refractivity contribution in [2.24, 2.45) is 0 Å². The van der Waals surface area contributed by atoms with Gasteiger partial charge in [0, 0.05) is 11.7 Å². The molecule has 0 aromatic rings. The number of nitriles is 2. The molecule has 0 aromatic carbocycles. The van der Waals surface area contributed by atoms with Crippen molar-refractivity contribution in [2.45, 2.75) is 154 Å². The molecular weight excluding hydrogens is 581 g/mol. The van der Waals surface area contributed by atoms with E-state index in [2.05, 4.69) is 38.6 Å². The summed E-state index contributed by atoms with van der Waals surface area (Å²) in [5.74, 6) is 1.61. The largest absolute Gasteiger partial charge is 0.198 e. The van der Waals surface area contributed by atoms with Gasteiger partial charge < -0.3 is 0 Å². The summed E-state index contributed by atoms with van der Waals surface area (Å²) >= 11 is 19.1. The normalized spacial score (nSPS) is 11.2. The van der Waals surface area contributed by atoms with Gasteiger partial charge in [0.1, 0.15) is 7.06 Å². The maximum Gasteiger partial charge on any atom is 0.105 e. The van der Waals surface area contributed by atoms with Crippen LogP contribution in [0.25, 0.3) is 0 Å². The summed E-state index contributed by atoms with van der Waals surface area (Å²) < 4.78 is 1.59. The van der Waals surface area contributed by atoms with Crippen LogP contribution in [0.15, 0.2) is 0 Å². The summed E-state index contributed by atoms with van der Waals surface area (Å²) in [5.41, 5.74) is 0. The minimum absolute atomic E-state index is 0.347. The minimum atomic E-state index is 0.347. The molecule has 0 saturated heterocycles. The fraction of sp³-hybridized carbons (Fsp3) is 0.867. The second kappa shape index (κ2) is 35.6. The zero-order valence-corrected chi connectivity index (χ0v) is 29.2. The Bertz CT molecular complexity index is 615.